The van der Waals surface area contributed by atoms with Crippen LogP contribution in [0.1, 0.15) is 23.4 Å². The molecular weight excluding hydrogens is 303 g/mol. The minimum absolute atomic E-state index is 0.223. The number of halogens is 2. The van der Waals surface area contributed by atoms with Crippen LogP contribution in [-0.4, -0.2) is 6.61 Å². The molecule has 1 heterocycles. The molecule has 90 valence electrons. The number of hydrogen-bond acceptors (Lipinski definition) is 2. The molecule has 1 unspecified atom stereocenters. The Morgan fingerprint density at radius 2 is 2.00 bits per heavy atom. The lowest BCUT2D eigenvalue weighted by Gasteiger charge is -2.09. The molecule has 1 aromatic carbocycles. The second kappa shape index (κ2) is 5.61. The number of furan rings is 1. The zero-order chi connectivity index (χ0) is 12.3. The van der Waals surface area contributed by atoms with E-state index in [9.17, 15) is 0 Å². The first kappa shape index (κ1) is 12.5. The summed E-state index contributed by atoms with van der Waals surface area (Å²) in [6.45, 7) is 2.62. The highest BCUT2D eigenvalue weighted by atomic mass is 79.9. The van der Waals surface area contributed by atoms with E-state index in [1.807, 2.05) is 37.3 Å². The molecular formula is C13H12BrClO2. The lowest BCUT2D eigenvalue weighted by molar-refractivity contribution is 0.340. The lowest BCUT2D eigenvalue weighted by Crippen LogP contribution is -1.94. The van der Waals surface area contributed by atoms with E-state index in [4.69, 9.17) is 20.8 Å². The molecule has 0 radical (unpaired) electrons. The van der Waals surface area contributed by atoms with Gasteiger partial charge >= 0.3 is 0 Å². The third kappa shape index (κ3) is 2.85. The van der Waals surface area contributed by atoms with Crippen molar-refractivity contribution in [2.45, 2.75) is 12.3 Å². The highest BCUT2D eigenvalue weighted by Crippen LogP contribution is 2.34. The average molecular weight is 316 g/mol. The van der Waals surface area contributed by atoms with Crippen molar-refractivity contribution in [3.8, 4) is 5.75 Å². The summed E-state index contributed by atoms with van der Waals surface area (Å²) in [5.41, 5.74) is 1.94. The summed E-state index contributed by atoms with van der Waals surface area (Å²) in [4.78, 5) is 0. The Bertz CT molecular complexity index is 478. The van der Waals surface area contributed by atoms with E-state index in [1.165, 1.54) is 0 Å². The molecule has 2 aromatic rings. The van der Waals surface area contributed by atoms with E-state index in [0.717, 1.165) is 16.9 Å². The van der Waals surface area contributed by atoms with Crippen LogP contribution in [0.2, 0.25) is 0 Å². The van der Waals surface area contributed by atoms with Gasteiger partial charge in [0, 0.05) is 5.56 Å². The molecule has 0 aliphatic heterocycles. The molecule has 0 aliphatic rings. The molecule has 0 fully saturated rings. The van der Waals surface area contributed by atoms with Crippen LogP contribution in [0.5, 0.6) is 5.75 Å². The third-order valence-electron chi connectivity index (χ3n) is 2.40. The predicted molar refractivity (Wildman–Crippen MR) is 71.7 cm³/mol. The van der Waals surface area contributed by atoms with Crippen molar-refractivity contribution < 1.29 is 9.15 Å². The summed E-state index contributed by atoms with van der Waals surface area (Å²) in [5.74, 6) is 0.853. The van der Waals surface area contributed by atoms with Crippen LogP contribution >= 0.6 is 27.5 Å². The Morgan fingerprint density at radius 3 is 2.53 bits per heavy atom. The minimum Gasteiger partial charge on any atom is -0.494 e. The van der Waals surface area contributed by atoms with Crippen molar-refractivity contribution in [2.75, 3.05) is 6.61 Å². The van der Waals surface area contributed by atoms with Crippen LogP contribution in [-0.2, 0) is 0 Å². The molecule has 1 atom stereocenters. The van der Waals surface area contributed by atoms with E-state index >= 15 is 0 Å². The number of rotatable bonds is 4. The van der Waals surface area contributed by atoms with E-state index < -0.39 is 0 Å². The zero-order valence-corrected chi connectivity index (χ0v) is 11.7. The highest BCUT2D eigenvalue weighted by molar-refractivity contribution is 9.10. The zero-order valence-electron chi connectivity index (χ0n) is 9.32. The molecule has 0 aliphatic carbocycles. The molecule has 2 rings (SSSR count). The molecule has 1 aromatic heterocycles. The van der Waals surface area contributed by atoms with Crippen molar-refractivity contribution in [3.05, 3.63) is 52.4 Å². The molecule has 0 saturated heterocycles. The second-order valence-corrected chi connectivity index (χ2v) is 4.67. The van der Waals surface area contributed by atoms with Crippen LogP contribution in [0, 0.1) is 0 Å². The van der Waals surface area contributed by atoms with E-state index in [1.54, 1.807) is 6.26 Å². The number of ether oxygens (including phenoxy) is 1. The van der Waals surface area contributed by atoms with Gasteiger partial charge in [-0.15, -0.1) is 11.6 Å². The van der Waals surface area contributed by atoms with Crippen LogP contribution in [0.3, 0.4) is 0 Å². The van der Waals surface area contributed by atoms with E-state index in [2.05, 4.69) is 15.9 Å². The molecule has 0 spiro atoms. The van der Waals surface area contributed by atoms with Gasteiger partial charge in [0.25, 0.3) is 0 Å². The summed E-state index contributed by atoms with van der Waals surface area (Å²) in [5, 5.41) is -0.223. The summed E-state index contributed by atoms with van der Waals surface area (Å²) in [6.07, 6.45) is 1.61. The van der Waals surface area contributed by atoms with Crippen LogP contribution in [0.15, 0.2) is 45.7 Å². The molecule has 2 nitrogen and oxygen atoms in total. The van der Waals surface area contributed by atoms with E-state index in [0.29, 0.717) is 11.3 Å². The first-order valence-corrected chi connectivity index (χ1v) is 6.55. The SMILES string of the molecule is CCOc1ccc(C(Cl)c2ccoc2Br)cc1. The Labute approximate surface area is 114 Å². The maximum Gasteiger partial charge on any atom is 0.173 e. The van der Waals surface area contributed by atoms with Gasteiger partial charge in [0.1, 0.15) is 5.75 Å². The molecule has 0 saturated carbocycles. The van der Waals surface area contributed by atoms with Gasteiger partial charge < -0.3 is 9.15 Å². The fourth-order valence-corrected chi connectivity index (χ4v) is 2.48. The topological polar surface area (TPSA) is 22.4 Å². The maximum atomic E-state index is 6.38. The summed E-state index contributed by atoms with van der Waals surface area (Å²) in [6, 6.07) is 9.62. The Morgan fingerprint density at radius 1 is 1.29 bits per heavy atom. The predicted octanol–water partition coefficient (Wildman–Crippen LogP) is 4.77. The number of benzene rings is 1. The molecule has 0 N–H and O–H groups in total. The first-order chi connectivity index (χ1) is 8.22. The summed E-state index contributed by atoms with van der Waals surface area (Å²) in [7, 11) is 0. The standard InChI is InChI=1S/C13H12BrClO2/c1-2-16-10-5-3-9(4-6-10)12(15)11-7-8-17-13(11)14/h3-8,12H,2H2,1H3. The normalized spacial score (nSPS) is 12.4. The molecule has 0 bridgehead atoms. The third-order valence-corrected chi connectivity index (χ3v) is 3.53. The van der Waals surface area contributed by atoms with Gasteiger partial charge in [0.2, 0.25) is 0 Å². The van der Waals surface area contributed by atoms with Crippen molar-refractivity contribution in [1.29, 1.82) is 0 Å². The Hall–Kier alpha value is -0.930. The number of hydrogen-bond donors (Lipinski definition) is 0. The van der Waals surface area contributed by atoms with Gasteiger partial charge in [0.05, 0.1) is 18.2 Å². The Balaban J connectivity index is 2.20. The smallest absolute Gasteiger partial charge is 0.173 e. The van der Waals surface area contributed by atoms with Gasteiger partial charge in [0.15, 0.2) is 4.67 Å². The largest absolute Gasteiger partial charge is 0.494 e. The van der Waals surface area contributed by atoms with Crippen LogP contribution in [0.25, 0.3) is 0 Å². The van der Waals surface area contributed by atoms with Gasteiger partial charge in [-0.25, -0.2) is 0 Å². The van der Waals surface area contributed by atoms with Crippen molar-refractivity contribution in [3.63, 3.8) is 0 Å². The first-order valence-electron chi connectivity index (χ1n) is 5.32. The van der Waals surface area contributed by atoms with Crippen LogP contribution in [0.4, 0.5) is 0 Å². The van der Waals surface area contributed by atoms with Gasteiger partial charge in [-0.2, -0.15) is 0 Å². The monoisotopic (exact) mass is 314 g/mol. The number of alkyl halides is 1. The molecule has 4 heteroatoms. The quantitative estimate of drug-likeness (QED) is 0.758. The van der Waals surface area contributed by atoms with Gasteiger partial charge in [-0.1, -0.05) is 12.1 Å². The van der Waals surface area contributed by atoms with E-state index in [-0.39, 0.29) is 5.38 Å². The van der Waals surface area contributed by atoms with Crippen LogP contribution < -0.4 is 4.74 Å². The van der Waals surface area contributed by atoms with Crippen molar-refractivity contribution in [2.24, 2.45) is 0 Å². The average Bonchev–Trinajstić information content (AvgIpc) is 2.76. The molecule has 17 heavy (non-hydrogen) atoms. The lowest BCUT2D eigenvalue weighted by atomic mass is 10.1. The highest BCUT2D eigenvalue weighted by Gasteiger charge is 2.15. The van der Waals surface area contributed by atoms with Crippen molar-refractivity contribution in [1.82, 2.24) is 0 Å². The van der Waals surface area contributed by atoms with Gasteiger partial charge in [-0.05, 0) is 46.6 Å². The fraction of sp³-hybridized carbons (Fsp3) is 0.231. The van der Waals surface area contributed by atoms with Gasteiger partial charge in [-0.3, -0.25) is 0 Å². The second-order valence-electron chi connectivity index (χ2n) is 3.51. The minimum atomic E-state index is -0.223. The summed E-state index contributed by atoms with van der Waals surface area (Å²) < 4.78 is 11.2. The fourth-order valence-electron chi connectivity index (χ4n) is 1.56. The van der Waals surface area contributed by atoms with Crippen molar-refractivity contribution >= 4 is 27.5 Å². The Kier molecular flexibility index (Phi) is 4.13. The maximum absolute atomic E-state index is 6.38. The molecule has 0 amide bonds. The summed E-state index contributed by atoms with van der Waals surface area (Å²) >= 11 is 9.70.